The Balaban J connectivity index is 1.40. The molecule has 2 amide bonds. The molecule has 4 rings (SSSR count). The highest BCUT2D eigenvalue weighted by molar-refractivity contribution is 6.30. The third kappa shape index (κ3) is 6.95. The summed E-state index contributed by atoms with van der Waals surface area (Å²) in [6.07, 6.45) is 2.03. The second-order valence-corrected chi connectivity index (χ2v) is 10.2. The zero-order chi connectivity index (χ0) is 24.8. The van der Waals surface area contributed by atoms with Crippen LogP contribution in [-0.2, 0) is 16.0 Å². The average molecular weight is 502 g/mol. The van der Waals surface area contributed by atoms with Crippen LogP contribution in [0.3, 0.4) is 0 Å². The zero-order valence-electron chi connectivity index (χ0n) is 20.2. The zero-order valence-corrected chi connectivity index (χ0v) is 21.0. The molecule has 8 heteroatoms. The first-order valence-corrected chi connectivity index (χ1v) is 12.6. The highest BCUT2D eigenvalue weighted by atomic mass is 35.5. The van der Waals surface area contributed by atoms with Crippen LogP contribution in [0.1, 0.15) is 24.8 Å². The van der Waals surface area contributed by atoms with E-state index >= 15 is 0 Å². The van der Waals surface area contributed by atoms with E-state index in [2.05, 4.69) is 11.9 Å². The number of benzene rings is 2. The van der Waals surface area contributed by atoms with Gasteiger partial charge < -0.3 is 19.4 Å². The third-order valence-corrected chi connectivity index (χ3v) is 7.44. The van der Waals surface area contributed by atoms with Gasteiger partial charge in [0.05, 0.1) is 13.0 Å². The molecule has 35 heavy (non-hydrogen) atoms. The largest absolute Gasteiger partial charge is 0.493 e. The summed E-state index contributed by atoms with van der Waals surface area (Å²) in [6.45, 7) is 4.79. The minimum atomic E-state index is -0.341. The van der Waals surface area contributed by atoms with Crippen LogP contribution >= 0.6 is 11.6 Å². The summed E-state index contributed by atoms with van der Waals surface area (Å²) in [5, 5.41) is 0.644. The number of halogens is 2. The topological polar surface area (TPSA) is 53.1 Å². The van der Waals surface area contributed by atoms with Gasteiger partial charge in [-0.15, -0.1) is 0 Å². The number of rotatable bonds is 7. The molecule has 2 heterocycles. The molecule has 0 radical (unpaired) electrons. The minimum absolute atomic E-state index is 0.0224. The number of piperidine rings is 1. The lowest BCUT2D eigenvalue weighted by Crippen LogP contribution is -2.51. The summed E-state index contributed by atoms with van der Waals surface area (Å²) >= 11 is 6.00. The number of ether oxygens (including phenoxy) is 1. The van der Waals surface area contributed by atoms with E-state index in [1.165, 1.54) is 12.1 Å². The Morgan fingerprint density at radius 3 is 2.11 bits per heavy atom. The van der Waals surface area contributed by atoms with Crippen LogP contribution in [0.4, 0.5) is 4.39 Å². The summed E-state index contributed by atoms with van der Waals surface area (Å²) < 4.78 is 19.3. The summed E-state index contributed by atoms with van der Waals surface area (Å²) in [6, 6.07) is 13.3. The molecule has 2 aromatic rings. The van der Waals surface area contributed by atoms with Crippen molar-refractivity contribution in [3.8, 4) is 5.75 Å². The van der Waals surface area contributed by atoms with Crippen LogP contribution in [0.5, 0.6) is 5.75 Å². The lowest BCUT2D eigenvalue weighted by atomic mass is 9.75. The molecular formula is C27H33ClFN3O3. The first kappa shape index (κ1) is 25.5. The Hall–Kier alpha value is -2.64. The van der Waals surface area contributed by atoms with Crippen molar-refractivity contribution in [2.75, 3.05) is 52.9 Å². The first-order valence-electron chi connectivity index (χ1n) is 12.2. The monoisotopic (exact) mass is 501 g/mol. The van der Waals surface area contributed by atoms with Gasteiger partial charge in [0.1, 0.15) is 11.6 Å². The number of hydrogen-bond donors (Lipinski definition) is 0. The van der Waals surface area contributed by atoms with Crippen LogP contribution < -0.4 is 4.74 Å². The van der Waals surface area contributed by atoms with Gasteiger partial charge in [-0.1, -0.05) is 23.7 Å². The molecular weight excluding hydrogens is 469 g/mol. The molecule has 0 spiro atoms. The van der Waals surface area contributed by atoms with E-state index in [4.69, 9.17) is 16.3 Å². The minimum Gasteiger partial charge on any atom is -0.493 e. The van der Waals surface area contributed by atoms with E-state index in [1.54, 1.807) is 24.3 Å². The molecule has 0 atom stereocenters. The lowest BCUT2D eigenvalue weighted by Gasteiger charge is -2.43. The Kier molecular flexibility index (Phi) is 8.29. The number of hydrogen-bond acceptors (Lipinski definition) is 4. The molecule has 0 N–H and O–H groups in total. The normalized spacial score (nSPS) is 18.4. The summed E-state index contributed by atoms with van der Waals surface area (Å²) in [4.78, 5) is 32.2. The standard InChI is InChI=1S/C27H33ClFN3O3/c1-30-14-16-32(17-15-30)26(34)19-27(20-35-24-8-4-22(28)5-9-24)10-12-31(13-11-27)25(33)18-21-2-6-23(29)7-3-21/h2-9H,10-20H2,1H3. The Morgan fingerprint density at radius 1 is 0.886 bits per heavy atom. The van der Waals surface area contributed by atoms with E-state index in [1.807, 2.05) is 21.9 Å². The number of carbonyl (C=O) groups excluding carboxylic acids is 2. The van der Waals surface area contributed by atoms with Crippen molar-refractivity contribution in [3.63, 3.8) is 0 Å². The highest BCUT2D eigenvalue weighted by Gasteiger charge is 2.40. The molecule has 2 saturated heterocycles. The molecule has 2 fully saturated rings. The quantitative estimate of drug-likeness (QED) is 0.578. The molecule has 2 aliphatic rings. The molecule has 2 aliphatic heterocycles. The molecule has 0 bridgehead atoms. The SMILES string of the molecule is CN1CCN(C(=O)CC2(COc3ccc(Cl)cc3)CCN(C(=O)Cc3ccc(F)cc3)CC2)CC1. The predicted octanol–water partition coefficient (Wildman–Crippen LogP) is 3.87. The van der Waals surface area contributed by atoms with E-state index in [0.717, 1.165) is 37.5 Å². The number of likely N-dealkylation sites (tertiary alicyclic amines) is 1. The number of carbonyl (C=O) groups is 2. The Labute approximate surface area is 211 Å². The van der Waals surface area contributed by atoms with Gasteiger partial charge in [0, 0.05) is 56.1 Å². The second-order valence-electron chi connectivity index (χ2n) is 9.79. The summed E-state index contributed by atoms with van der Waals surface area (Å²) in [7, 11) is 2.07. The van der Waals surface area contributed by atoms with E-state index in [9.17, 15) is 14.0 Å². The van der Waals surface area contributed by atoms with Crippen LogP contribution in [0.25, 0.3) is 0 Å². The summed E-state index contributed by atoms with van der Waals surface area (Å²) in [5.74, 6) is 0.586. The van der Waals surface area contributed by atoms with Crippen molar-refractivity contribution in [1.82, 2.24) is 14.7 Å². The smallest absolute Gasteiger partial charge is 0.226 e. The molecule has 6 nitrogen and oxygen atoms in total. The fourth-order valence-corrected chi connectivity index (χ4v) is 4.87. The molecule has 188 valence electrons. The highest BCUT2D eigenvalue weighted by Crippen LogP contribution is 2.37. The number of amides is 2. The van der Waals surface area contributed by atoms with Crippen molar-refractivity contribution in [1.29, 1.82) is 0 Å². The molecule has 0 unspecified atom stereocenters. The number of piperazine rings is 1. The van der Waals surface area contributed by atoms with E-state index in [-0.39, 0.29) is 29.5 Å². The van der Waals surface area contributed by atoms with Gasteiger partial charge in [-0.2, -0.15) is 0 Å². The maximum absolute atomic E-state index is 13.2. The van der Waals surface area contributed by atoms with Crippen molar-refractivity contribution in [2.45, 2.75) is 25.7 Å². The number of nitrogens with zero attached hydrogens (tertiary/aromatic N) is 3. The van der Waals surface area contributed by atoms with Crippen LogP contribution in [0.15, 0.2) is 48.5 Å². The van der Waals surface area contributed by atoms with Crippen LogP contribution in [0.2, 0.25) is 5.02 Å². The van der Waals surface area contributed by atoms with Gasteiger partial charge in [-0.05, 0) is 61.9 Å². The lowest BCUT2D eigenvalue weighted by molar-refractivity contribution is -0.138. The fourth-order valence-electron chi connectivity index (χ4n) is 4.75. The van der Waals surface area contributed by atoms with Crippen molar-refractivity contribution >= 4 is 23.4 Å². The van der Waals surface area contributed by atoms with Gasteiger partial charge >= 0.3 is 0 Å². The van der Waals surface area contributed by atoms with Crippen molar-refractivity contribution in [2.24, 2.45) is 5.41 Å². The van der Waals surface area contributed by atoms with Gasteiger partial charge in [0.15, 0.2) is 0 Å². The van der Waals surface area contributed by atoms with Gasteiger partial charge in [-0.25, -0.2) is 4.39 Å². The Morgan fingerprint density at radius 2 is 1.49 bits per heavy atom. The maximum Gasteiger partial charge on any atom is 0.226 e. The van der Waals surface area contributed by atoms with Gasteiger partial charge in [0.2, 0.25) is 11.8 Å². The van der Waals surface area contributed by atoms with E-state index < -0.39 is 0 Å². The third-order valence-electron chi connectivity index (χ3n) is 7.19. The summed E-state index contributed by atoms with van der Waals surface area (Å²) in [5.41, 5.74) is 0.455. The average Bonchev–Trinajstić information content (AvgIpc) is 2.86. The van der Waals surface area contributed by atoms with Crippen LogP contribution in [-0.4, -0.2) is 79.4 Å². The molecule has 0 aliphatic carbocycles. The van der Waals surface area contributed by atoms with Crippen molar-refractivity contribution < 1.29 is 18.7 Å². The van der Waals surface area contributed by atoms with E-state index in [0.29, 0.717) is 44.0 Å². The maximum atomic E-state index is 13.2. The predicted molar refractivity (Wildman–Crippen MR) is 134 cm³/mol. The molecule has 2 aromatic carbocycles. The first-order chi connectivity index (χ1) is 16.8. The van der Waals surface area contributed by atoms with Crippen molar-refractivity contribution in [3.05, 3.63) is 64.9 Å². The van der Waals surface area contributed by atoms with Crippen LogP contribution in [0, 0.1) is 11.2 Å². The molecule has 0 aromatic heterocycles. The fraction of sp³-hybridized carbons (Fsp3) is 0.481. The number of likely N-dealkylation sites (N-methyl/N-ethyl adjacent to an activating group) is 1. The van der Waals surface area contributed by atoms with Gasteiger partial charge in [0.25, 0.3) is 0 Å². The second kappa shape index (κ2) is 11.4. The van der Waals surface area contributed by atoms with Gasteiger partial charge in [-0.3, -0.25) is 9.59 Å². The molecule has 0 saturated carbocycles. The Bertz CT molecular complexity index is 999.